The Morgan fingerprint density at radius 1 is 0.975 bits per heavy atom. The second-order valence-corrected chi connectivity index (χ2v) is 11.6. The fourth-order valence-electron chi connectivity index (χ4n) is 7.29. The normalized spacial score (nSPS) is 24.3. The van der Waals surface area contributed by atoms with Crippen LogP contribution in [0, 0.1) is 12.8 Å². The van der Waals surface area contributed by atoms with Crippen molar-refractivity contribution in [2.75, 3.05) is 10.2 Å². The number of amides is 1. The lowest BCUT2D eigenvalue weighted by atomic mass is 9.64. The molecule has 1 N–H and O–H groups in total. The summed E-state index contributed by atoms with van der Waals surface area (Å²) < 4.78 is 0. The van der Waals surface area contributed by atoms with Gasteiger partial charge in [-0.05, 0) is 68.5 Å². The third kappa shape index (κ3) is 3.78. The van der Waals surface area contributed by atoms with E-state index >= 15 is 0 Å². The van der Waals surface area contributed by atoms with Gasteiger partial charge in [-0.25, -0.2) is 0 Å². The molecule has 0 aromatic heterocycles. The maximum Gasteiger partial charge on any atom is 0.238 e. The number of aryl methyl sites for hydroxylation is 2. The van der Waals surface area contributed by atoms with Crippen LogP contribution in [0.1, 0.15) is 72.6 Å². The third-order valence-electron chi connectivity index (χ3n) is 9.14. The van der Waals surface area contributed by atoms with E-state index in [4.69, 9.17) is 0 Å². The predicted octanol–water partition coefficient (Wildman–Crippen LogP) is 6.68. The summed E-state index contributed by atoms with van der Waals surface area (Å²) >= 11 is 0. The minimum atomic E-state index is -1.24. The molecule has 0 unspecified atom stereocenters. The molecule has 1 fully saturated rings. The average Bonchev–Trinajstić information content (AvgIpc) is 3.41. The molecule has 5 heteroatoms. The lowest BCUT2D eigenvalue weighted by Gasteiger charge is -2.39. The molecule has 0 aliphatic carbocycles. The molecule has 0 saturated carbocycles. The number of hydrogen-bond donors (Lipinski definition) is 1. The zero-order chi connectivity index (χ0) is 28.2. The summed E-state index contributed by atoms with van der Waals surface area (Å²) in [6.07, 6.45) is 6.51. The summed E-state index contributed by atoms with van der Waals surface area (Å²) in [6, 6.07) is 20.3. The second-order valence-electron chi connectivity index (χ2n) is 11.6. The number of nitrogens with one attached hydrogen (secondary N) is 1. The Morgan fingerprint density at radius 2 is 1.73 bits per heavy atom. The van der Waals surface area contributed by atoms with Gasteiger partial charge >= 0.3 is 0 Å². The van der Waals surface area contributed by atoms with Gasteiger partial charge in [-0.1, -0.05) is 79.9 Å². The van der Waals surface area contributed by atoms with Crippen LogP contribution in [0.15, 0.2) is 72.8 Å². The van der Waals surface area contributed by atoms with Crippen LogP contribution < -0.4 is 10.2 Å². The molecular weight excluding hydrogens is 496 g/mol. The Balaban J connectivity index is 1.55. The monoisotopic (exact) mass is 532 g/mol. The third-order valence-corrected chi connectivity index (χ3v) is 9.14. The Bertz CT molecular complexity index is 1550. The van der Waals surface area contributed by atoms with Crippen molar-refractivity contribution in [1.29, 1.82) is 0 Å². The summed E-state index contributed by atoms with van der Waals surface area (Å²) in [5.74, 6) is -1.39. The minimum absolute atomic E-state index is 0.118. The topological polar surface area (TPSA) is 66.5 Å². The van der Waals surface area contributed by atoms with Crippen LogP contribution in [-0.2, 0) is 21.4 Å². The lowest BCUT2D eigenvalue weighted by Crippen LogP contribution is -2.51. The van der Waals surface area contributed by atoms with Crippen LogP contribution in [-0.4, -0.2) is 29.6 Å². The van der Waals surface area contributed by atoms with Gasteiger partial charge in [0.2, 0.25) is 5.91 Å². The summed E-state index contributed by atoms with van der Waals surface area (Å²) in [6.45, 7) is 7.84. The number of anilines is 2. The molecule has 3 aromatic rings. The zero-order valence-electron chi connectivity index (χ0n) is 23.7. The number of rotatable bonds is 7. The van der Waals surface area contributed by atoms with Crippen LogP contribution in [0.2, 0.25) is 0 Å². The number of carbonyl (C=O) groups excluding carboxylic acids is 3. The van der Waals surface area contributed by atoms with Gasteiger partial charge in [-0.2, -0.15) is 0 Å². The number of Topliss-reactive ketones (excluding diaryl/α,β-unsaturated/α-hetero) is 2. The van der Waals surface area contributed by atoms with Crippen molar-refractivity contribution >= 4 is 34.4 Å². The Labute approximate surface area is 236 Å². The number of ketones is 2. The van der Waals surface area contributed by atoms with Crippen molar-refractivity contribution < 1.29 is 14.4 Å². The van der Waals surface area contributed by atoms with E-state index in [-0.39, 0.29) is 17.5 Å². The van der Waals surface area contributed by atoms with Gasteiger partial charge in [-0.15, -0.1) is 0 Å². The second kappa shape index (κ2) is 9.88. The van der Waals surface area contributed by atoms with Crippen molar-refractivity contribution in [1.82, 2.24) is 0 Å². The number of nitrogens with zero attached hydrogens (tertiary/aromatic N) is 1. The van der Waals surface area contributed by atoms with Gasteiger partial charge in [0.15, 0.2) is 11.6 Å². The molecule has 204 valence electrons. The fraction of sp³-hybridized carbons (Fsp3) is 0.343. The van der Waals surface area contributed by atoms with E-state index in [9.17, 15) is 14.4 Å². The van der Waals surface area contributed by atoms with E-state index < -0.39 is 23.4 Å². The van der Waals surface area contributed by atoms with Gasteiger partial charge in [0.05, 0.1) is 18.0 Å². The van der Waals surface area contributed by atoms with Crippen molar-refractivity contribution in [3.05, 3.63) is 101 Å². The molecule has 3 aliphatic rings. The van der Waals surface area contributed by atoms with Crippen LogP contribution in [0.25, 0.3) is 5.57 Å². The Hall–Kier alpha value is -3.99. The van der Waals surface area contributed by atoms with Gasteiger partial charge in [0.1, 0.15) is 5.41 Å². The molecule has 5 nitrogen and oxygen atoms in total. The first-order valence-corrected chi connectivity index (χ1v) is 14.4. The predicted molar refractivity (Wildman–Crippen MR) is 160 cm³/mol. The highest BCUT2D eigenvalue weighted by Crippen LogP contribution is 2.58. The van der Waals surface area contributed by atoms with E-state index in [0.717, 1.165) is 47.2 Å². The number of benzene rings is 3. The highest BCUT2D eigenvalue weighted by Gasteiger charge is 2.70. The number of para-hydroxylation sites is 1. The molecule has 1 amide bonds. The van der Waals surface area contributed by atoms with E-state index in [1.165, 1.54) is 12.0 Å². The van der Waals surface area contributed by atoms with E-state index in [1.54, 1.807) is 6.92 Å². The van der Waals surface area contributed by atoms with Crippen molar-refractivity contribution in [3.8, 4) is 0 Å². The molecule has 3 aliphatic heterocycles. The van der Waals surface area contributed by atoms with Gasteiger partial charge < -0.3 is 10.2 Å². The van der Waals surface area contributed by atoms with Crippen molar-refractivity contribution in [2.45, 2.75) is 70.9 Å². The molecule has 0 bridgehead atoms. The number of hydrogen-bond acceptors (Lipinski definition) is 4. The number of fused-ring (bicyclic) bond motifs is 6. The number of allylic oxidation sites excluding steroid dienone is 1. The van der Waals surface area contributed by atoms with Crippen molar-refractivity contribution in [3.63, 3.8) is 0 Å². The van der Waals surface area contributed by atoms with Crippen LogP contribution in [0.4, 0.5) is 11.4 Å². The lowest BCUT2D eigenvalue weighted by molar-refractivity contribution is -0.122. The van der Waals surface area contributed by atoms with E-state index in [1.807, 2.05) is 67.6 Å². The molecule has 1 spiro atoms. The first kappa shape index (κ1) is 26.2. The molecule has 6 rings (SSSR count). The largest absolute Gasteiger partial charge is 0.352 e. The first-order valence-electron chi connectivity index (χ1n) is 14.4. The summed E-state index contributed by atoms with van der Waals surface area (Å²) in [5.41, 5.74) is 6.08. The standard InChI is InChI=1S/C35H36N2O3/c1-5-6-7-10-24-14-16-25(17-15-24)33(39)31-32(23(4)38)37-29-18-13-21(2)19-26(29)22(3)20-30(37)35(31)27-11-8-9-12-28(27)36-34(35)40/h8-9,11-20,30-32H,5-7,10H2,1-4H3,(H,36,40)/t30-,31+,32-,35-/m1/s1. The SMILES string of the molecule is CCCCCc1ccc(C(=O)[C@@H]2[C@@H](C(C)=O)N3c4ccc(C)cc4C(C)=C[C@@H]3[C@@]23C(=O)Nc2ccccc23)cc1. The van der Waals surface area contributed by atoms with Gasteiger partial charge in [0, 0.05) is 22.5 Å². The quantitative estimate of drug-likeness (QED) is 0.272. The number of carbonyl (C=O) groups is 3. The highest BCUT2D eigenvalue weighted by molar-refractivity contribution is 6.16. The summed E-state index contributed by atoms with van der Waals surface area (Å²) in [4.78, 5) is 44.6. The smallest absolute Gasteiger partial charge is 0.238 e. The Morgan fingerprint density at radius 3 is 2.45 bits per heavy atom. The summed E-state index contributed by atoms with van der Waals surface area (Å²) in [5, 5.41) is 3.09. The maximum absolute atomic E-state index is 14.7. The highest BCUT2D eigenvalue weighted by atomic mass is 16.2. The zero-order valence-corrected chi connectivity index (χ0v) is 23.7. The maximum atomic E-state index is 14.7. The van der Waals surface area contributed by atoms with Crippen LogP contribution >= 0.6 is 0 Å². The van der Waals surface area contributed by atoms with Crippen LogP contribution in [0.3, 0.4) is 0 Å². The molecule has 4 atom stereocenters. The molecule has 0 radical (unpaired) electrons. The van der Waals surface area contributed by atoms with Crippen molar-refractivity contribution in [2.24, 2.45) is 5.92 Å². The van der Waals surface area contributed by atoms with Gasteiger partial charge in [-0.3, -0.25) is 14.4 Å². The van der Waals surface area contributed by atoms with Crippen LogP contribution in [0.5, 0.6) is 0 Å². The molecule has 40 heavy (non-hydrogen) atoms. The Kier molecular flexibility index (Phi) is 6.48. The average molecular weight is 533 g/mol. The summed E-state index contributed by atoms with van der Waals surface area (Å²) in [7, 11) is 0. The molecule has 3 heterocycles. The minimum Gasteiger partial charge on any atom is -0.352 e. The number of unbranched alkanes of at least 4 members (excludes halogenated alkanes) is 2. The van der Waals surface area contributed by atoms with E-state index in [0.29, 0.717) is 11.3 Å². The fourth-order valence-corrected chi connectivity index (χ4v) is 7.29. The molecule has 3 aromatic carbocycles. The molecular formula is C35H36N2O3. The van der Waals surface area contributed by atoms with E-state index in [2.05, 4.69) is 36.2 Å². The van der Waals surface area contributed by atoms with Gasteiger partial charge in [0.25, 0.3) is 0 Å². The molecule has 1 saturated heterocycles. The first-order chi connectivity index (χ1) is 19.3.